The third-order valence-corrected chi connectivity index (χ3v) is 6.59. The van der Waals surface area contributed by atoms with Gasteiger partial charge >= 0.3 is 5.97 Å². The molecule has 0 bridgehead atoms. The number of esters is 1. The molecule has 1 atom stereocenters. The molecule has 0 amide bonds. The predicted molar refractivity (Wildman–Crippen MR) is 143 cm³/mol. The molecule has 5 rings (SSSR count). The maximum Gasteiger partial charge on any atom is 0.306 e. The standard InChI is InChI=1S/C29H23NO9/c1-37-16-8-9-19-15(10-16)11-18(29(36)30-19)17(12-22(32)38-2)23-25(33)27(35)26(34)24-20(31)13-21(39-28(23)24)14-6-4-3-5-7-14/h3-11,13,17,33-35H,12H2,1-2H3,(H,30,36)/t17-/m1/s1. The van der Waals surface area contributed by atoms with E-state index >= 15 is 0 Å². The van der Waals surface area contributed by atoms with E-state index in [2.05, 4.69) is 4.98 Å². The average Bonchev–Trinajstić information content (AvgIpc) is 2.94. The van der Waals surface area contributed by atoms with Crippen LogP contribution in [-0.4, -0.2) is 40.5 Å². The number of carbonyl (C=O) groups excluding carboxylic acids is 1. The SMILES string of the molecule is COC(=O)C[C@H](c1cc2cc(OC)ccc2[nH]c1=O)c1c(O)c(O)c(O)c2c(=O)cc(-c3ccccc3)oc12. The fraction of sp³-hybridized carbons (Fsp3) is 0.138. The zero-order valence-electron chi connectivity index (χ0n) is 20.8. The second kappa shape index (κ2) is 9.90. The summed E-state index contributed by atoms with van der Waals surface area (Å²) >= 11 is 0. The van der Waals surface area contributed by atoms with Crippen LogP contribution in [0.1, 0.15) is 23.5 Å². The van der Waals surface area contributed by atoms with Gasteiger partial charge in [-0.05, 0) is 24.3 Å². The van der Waals surface area contributed by atoms with Crippen LogP contribution in [0.25, 0.3) is 33.2 Å². The van der Waals surface area contributed by atoms with Crippen molar-refractivity contribution in [3.05, 3.63) is 92.4 Å². The first-order valence-corrected chi connectivity index (χ1v) is 11.8. The van der Waals surface area contributed by atoms with Gasteiger partial charge < -0.3 is 34.2 Å². The fourth-order valence-corrected chi connectivity index (χ4v) is 4.65. The number of hydrogen-bond donors (Lipinski definition) is 4. The van der Waals surface area contributed by atoms with Crippen molar-refractivity contribution in [1.29, 1.82) is 0 Å². The molecule has 4 N–H and O–H groups in total. The molecule has 0 saturated carbocycles. The van der Waals surface area contributed by atoms with Crippen LogP contribution in [0.15, 0.2) is 74.7 Å². The van der Waals surface area contributed by atoms with E-state index in [0.717, 1.165) is 13.2 Å². The van der Waals surface area contributed by atoms with E-state index in [-0.39, 0.29) is 22.5 Å². The highest BCUT2D eigenvalue weighted by molar-refractivity contribution is 5.94. The summed E-state index contributed by atoms with van der Waals surface area (Å²) in [6.45, 7) is 0. The summed E-state index contributed by atoms with van der Waals surface area (Å²) in [7, 11) is 2.65. The van der Waals surface area contributed by atoms with Crippen molar-refractivity contribution < 1.29 is 34.0 Å². The molecule has 0 fully saturated rings. The number of benzene rings is 3. The molecule has 39 heavy (non-hydrogen) atoms. The lowest BCUT2D eigenvalue weighted by Gasteiger charge is -2.21. The first-order chi connectivity index (χ1) is 18.7. The Balaban J connectivity index is 1.88. The quantitative estimate of drug-likeness (QED) is 0.187. The van der Waals surface area contributed by atoms with Crippen molar-refractivity contribution in [3.63, 3.8) is 0 Å². The van der Waals surface area contributed by atoms with Crippen LogP contribution in [0.2, 0.25) is 0 Å². The zero-order valence-corrected chi connectivity index (χ0v) is 20.8. The molecule has 3 aromatic carbocycles. The number of H-pyrrole nitrogens is 1. The number of phenols is 3. The number of phenolic OH excluding ortho intramolecular Hbond substituents is 3. The number of nitrogens with one attached hydrogen (secondary N) is 1. The van der Waals surface area contributed by atoms with Gasteiger partial charge in [0, 0.05) is 39.6 Å². The molecule has 0 unspecified atom stereocenters. The Kier molecular flexibility index (Phi) is 6.45. The van der Waals surface area contributed by atoms with Gasteiger partial charge in [-0.25, -0.2) is 0 Å². The molecule has 0 aliphatic carbocycles. The van der Waals surface area contributed by atoms with E-state index in [1.807, 2.05) is 0 Å². The van der Waals surface area contributed by atoms with Gasteiger partial charge in [-0.2, -0.15) is 0 Å². The molecule has 0 aliphatic heterocycles. The molecule has 2 aromatic heterocycles. The number of aromatic hydroxyl groups is 3. The van der Waals surface area contributed by atoms with Crippen molar-refractivity contribution >= 4 is 27.8 Å². The van der Waals surface area contributed by atoms with Gasteiger partial charge in [0.2, 0.25) is 5.75 Å². The maximum atomic E-state index is 13.3. The first kappa shape index (κ1) is 25.4. The topological polar surface area (TPSA) is 159 Å². The van der Waals surface area contributed by atoms with Gasteiger partial charge in [0.25, 0.3) is 5.56 Å². The number of aromatic nitrogens is 1. The molecular formula is C29H23NO9. The molecule has 0 radical (unpaired) electrons. The Morgan fingerprint density at radius 1 is 0.949 bits per heavy atom. The van der Waals surface area contributed by atoms with E-state index < -0.39 is 51.9 Å². The zero-order chi connectivity index (χ0) is 27.8. The van der Waals surface area contributed by atoms with Crippen LogP contribution >= 0.6 is 0 Å². The summed E-state index contributed by atoms with van der Waals surface area (Å²) in [5.74, 6) is -4.13. The van der Waals surface area contributed by atoms with Gasteiger partial charge in [0.1, 0.15) is 22.5 Å². The van der Waals surface area contributed by atoms with E-state index in [9.17, 15) is 29.7 Å². The second-order valence-electron chi connectivity index (χ2n) is 8.84. The molecule has 10 heteroatoms. The Labute approximate surface area is 220 Å². The number of ether oxygens (including phenoxy) is 2. The highest BCUT2D eigenvalue weighted by Crippen LogP contribution is 2.49. The van der Waals surface area contributed by atoms with Gasteiger partial charge in [0.15, 0.2) is 16.9 Å². The fourth-order valence-electron chi connectivity index (χ4n) is 4.65. The Morgan fingerprint density at radius 2 is 1.69 bits per heavy atom. The largest absolute Gasteiger partial charge is 0.504 e. The number of methoxy groups -OCH3 is 2. The van der Waals surface area contributed by atoms with Crippen LogP contribution in [0.3, 0.4) is 0 Å². The lowest BCUT2D eigenvalue weighted by molar-refractivity contribution is -0.140. The molecule has 0 spiro atoms. The predicted octanol–water partition coefficient (Wildman–Crippen LogP) is 4.12. The number of hydrogen-bond acceptors (Lipinski definition) is 9. The lowest BCUT2D eigenvalue weighted by Crippen LogP contribution is -2.21. The highest BCUT2D eigenvalue weighted by atomic mass is 16.5. The lowest BCUT2D eigenvalue weighted by atomic mass is 9.86. The summed E-state index contributed by atoms with van der Waals surface area (Å²) in [6.07, 6.45) is -0.471. The molecule has 10 nitrogen and oxygen atoms in total. The van der Waals surface area contributed by atoms with Crippen molar-refractivity contribution in [3.8, 4) is 34.3 Å². The summed E-state index contributed by atoms with van der Waals surface area (Å²) in [5, 5.41) is 32.4. The van der Waals surface area contributed by atoms with E-state index in [1.165, 1.54) is 13.2 Å². The van der Waals surface area contributed by atoms with Crippen LogP contribution in [0, 0.1) is 0 Å². The van der Waals surface area contributed by atoms with Crippen LogP contribution in [0.5, 0.6) is 23.0 Å². The summed E-state index contributed by atoms with van der Waals surface area (Å²) < 4.78 is 16.2. The number of carbonyl (C=O) groups is 1. The van der Waals surface area contributed by atoms with Gasteiger partial charge in [0.05, 0.1) is 20.6 Å². The van der Waals surface area contributed by atoms with Crippen LogP contribution in [-0.2, 0) is 9.53 Å². The molecule has 198 valence electrons. The van der Waals surface area contributed by atoms with Gasteiger partial charge in [-0.1, -0.05) is 30.3 Å². The minimum Gasteiger partial charge on any atom is -0.504 e. The Bertz CT molecular complexity index is 1860. The molecular weight excluding hydrogens is 506 g/mol. The van der Waals surface area contributed by atoms with E-state index in [4.69, 9.17) is 13.9 Å². The Hall–Kier alpha value is -5.25. The van der Waals surface area contributed by atoms with Gasteiger partial charge in [-0.15, -0.1) is 0 Å². The maximum absolute atomic E-state index is 13.3. The summed E-state index contributed by atoms with van der Waals surface area (Å²) in [5.41, 5.74) is -0.824. The number of rotatable bonds is 6. The summed E-state index contributed by atoms with van der Waals surface area (Å²) in [6, 6.07) is 16.3. The molecule has 0 saturated heterocycles. The third kappa shape index (κ3) is 4.42. The van der Waals surface area contributed by atoms with Crippen molar-refractivity contribution in [2.75, 3.05) is 14.2 Å². The molecule has 0 aliphatic rings. The first-order valence-electron chi connectivity index (χ1n) is 11.8. The van der Waals surface area contributed by atoms with Crippen molar-refractivity contribution in [1.82, 2.24) is 4.98 Å². The minimum absolute atomic E-state index is 0.00982. The normalized spacial score (nSPS) is 11.9. The van der Waals surface area contributed by atoms with Crippen molar-refractivity contribution in [2.24, 2.45) is 0 Å². The number of aromatic amines is 1. The van der Waals surface area contributed by atoms with E-state index in [1.54, 1.807) is 48.5 Å². The Morgan fingerprint density at radius 3 is 2.38 bits per heavy atom. The molecule has 5 aromatic rings. The van der Waals surface area contributed by atoms with Gasteiger partial charge in [-0.3, -0.25) is 14.4 Å². The second-order valence-corrected chi connectivity index (χ2v) is 8.84. The molecule has 2 heterocycles. The van der Waals surface area contributed by atoms with Crippen LogP contribution < -0.4 is 15.7 Å². The number of pyridine rings is 1. The highest BCUT2D eigenvalue weighted by Gasteiger charge is 2.32. The smallest absolute Gasteiger partial charge is 0.306 e. The monoisotopic (exact) mass is 529 g/mol. The minimum atomic E-state index is -1.26. The van der Waals surface area contributed by atoms with Crippen molar-refractivity contribution in [2.45, 2.75) is 12.3 Å². The van der Waals surface area contributed by atoms with Crippen LogP contribution in [0.4, 0.5) is 0 Å². The van der Waals surface area contributed by atoms with E-state index in [0.29, 0.717) is 22.2 Å². The summed E-state index contributed by atoms with van der Waals surface area (Å²) in [4.78, 5) is 41.8. The number of fused-ring (bicyclic) bond motifs is 2. The third-order valence-electron chi connectivity index (χ3n) is 6.59. The average molecular weight is 530 g/mol.